The largest absolute Gasteiger partial charge is 0.298 e. The first-order valence-electron chi connectivity index (χ1n) is 33.5. The molecule has 1 aliphatic rings. The maximum Gasteiger partial charge on any atom is 0.0851 e. The molecule has 2 nitrogen and oxygen atoms in total. The van der Waals surface area contributed by atoms with Gasteiger partial charge in [0.2, 0.25) is 0 Å². The van der Waals surface area contributed by atoms with Crippen LogP contribution >= 0.6 is 58.2 Å². The number of hydrogen-bond acceptors (Lipinski definition) is 7. The molecule has 0 radical (unpaired) electrons. The zero-order chi connectivity index (χ0) is 60.3. The molecule has 0 bridgehead atoms. The van der Waals surface area contributed by atoms with Crippen molar-refractivity contribution in [2.75, 3.05) is 0 Å². The molecular formula is C77H106N2S5. The number of fused-ring (bicyclic) bond motifs is 2. The maximum atomic E-state index is 10.0. The molecule has 7 heteroatoms. The normalized spacial score (nSPS) is 16.3. The molecule has 1 aliphatic carbocycles. The fourth-order valence-corrected chi connectivity index (χ4v) is 18.9. The molecular weight excluding hydrogens is 1110 g/mol. The highest BCUT2D eigenvalue weighted by molar-refractivity contribution is 7.79. The zero-order valence-electron chi connectivity index (χ0n) is 54.5. The van der Waals surface area contributed by atoms with Crippen molar-refractivity contribution >= 4 is 95.3 Å². The summed E-state index contributed by atoms with van der Waals surface area (Å²) in [7, 11) is 0. The summed E-state index contributed by atoms with van der Waals surface area (Å²) in [6.45, 7) is 33.2. The highest BCUT2D eigenvalue weighted by Gasteiger charge is 2.35. The van der Waals surface area contributed by atoms with Gasteiger partial charge in [0.1, 0.15) is 0 Å². The number of allylic oxidation sites excluding steroid dienone is 2. The first-order chi connectivity index (χ1) is 40.5. The van der Waals surface area contributed by atoms with Gasteiger partial charge in [-0.2, -0.15) is 0 Å². The lowest BCUT2D eigenvalue weighted by Crippen LogP contribution is -2.25. The van der Waals surface area contributed by atoms with E-state index in [9.17, 15) is 5.41 Å². The van der Waals surface area contributed by atoms with E-state index in [2.05, 4.69) is 176 Å². The lowest BCUT2D eigenvalue weighted by molar-refractivity contribution is 0.441. The van der Waals surface area contributed by atoms with E-state index in [0.717, 1.165) is 61.6 Å². The van der Waals surface area contributed by atoms with Gasteiger partial charge in [0, 0.05) is 72.1 Å². The molecule has 454 valence electrons. The number of thiophene rings is 4. The van der Waals surface area contributed by atoms with Crippen LogP contribution in [0.5, 0.6) is 0 Å². The smallest absolute Gasteiger partial charge is 0.0851 e. The summed E-state index contributed by atoms with van der Waals surface area (Å²) < 4.78 is 7.59. The van der Waals surface area contributed by atoms with Gasteiger partial charge < -0.3 is 0 Å². The van der Waals surface area contributed by atoms with Gasteiger partial charge in [0.15, 0.2) is 0 Å². The summed E-state index contributed by atoms with van der Waals surface area (Å²) in [5.74, 6) is 2.70. The summed E-state index contributed by atoms with van der Waals surface area (Å²) in [5.41, 5.74) is 13.8. The molecule has 8 rings (SSSR count). The molecule has 5 atom stereocenters. The predicted molar refractivity (Wildman–Crippen MR) is 385 cm³/mol. The number of hydrogen-bond donors (Lipinski definition) is 2. The Morgan fingerprint density at radius 2 is 1.02 bits per heavy atom. The van der Waals surface area contributed by atoms with Crippen LogP contribution in [-0.2, 0) is 36.5 Å². The van der Waals surface area contributed by atoms with Crippen molar-refractivity contribution in [1.29, 1.82) is 5.41 Å². The highest BCUT2D eigenvalue weighted by Crippen LogP contribution is 2.54. The lowest BCUT2D eigenvalue weighted by Gasteiger charge is -2.25. The minimum absolute atomic E-state index is 0.0100. The maximum absolute atomic E-state index is 10.0. The van der Waals surface area contributed by atoms with Gasteiger partial charge in [-0.05, 0) is 143 Å². The van der Waals surface area contributed by atoms with Crippen molar-refractivity contribution in [2.24, 2.45) is 28.1 Å². The zero-order valence-corrected chi connectivity index (χ0v) is 58.6. The molecule has 84 heavy (non-hydrogen) atoms. The van der Waals surface area contributed by atoms with E-state index >= 15 is 0 Å². The van der Waals surface area contributed by atoms with Gasteiger partial charge in [0.05, 0.1) is 11.4 Å². The first kappa shape index (κ1) is 66.4. The highest BCUT2D eigenvalue weighted by atomic mass is 32.1. The van der Waals surface area contributed by atoms with Crippen molar-refractivity contribution in [2.45, 2.75) is 255 Å². The third kappa shape index (κ3) is 15.4. The standard InChI is InChI=1S/C77H106N2S5/c1-15-24-28-50(19-5)42-54-32-36-56(37-33-54)68-62-48-66(82-73(62)69(63-49-67(76(10,11)12)84-74(63)68)57-38-34-55(35-39-57)43-51(20-6)29-25-16-2)72-58(44-52(21-7)30-26-17-3)46-65(81-72)61-41-40-60(70(78)71(61)79-80)64-47-59(45-53(22-8)31-27-18-4)75(83-64)77(13,14)23-9/h32-40,46-53,61,78,80H,15-31,41-45H2,1-14H3. The van der Waals surface area contributed by atoms with Crippen molar-refractivity contribution < 1.29 is 0 Å². The van der Waals surface area contributed by atoms with Crippen LogP contribution in [-0.4, -0.2) is 11.4 Å². The van der Waals surface area contributed by atoms with E-state index in [1.807, 2.05) is 45.3 Å². The first-order valence-corrected chi connectivity index (χ1v) is 37.1. The molecule has 0 saturated carbocycles. The molecule has 1 N–H and O–H groups in total. The molecule has 7 aromatic rings. The summed E-state index contributed by atoms with van der Waals surface area (Å²) >= 11 is 12.7. The van der Waals surface area contributed by atoms with Gasteiger partial charge in [-0.3, -0.25) is 5.41 Å². The SMILES string of the molecule is CCCCC(CC)Cc1ccc(-c2c3cc(C(C)(C)C)sc3c(-c3ccc(CC(CC)CCCC)cc3)c3cc(-c4sc(C5CC=C(c6cc(CC(CC)CCCC)c(C(C)(C)CC)s6)C(=N)C5=NS)cc4CC(CC)CCCC)sc23)cc1. The molecule has 0 aliphatic heterocycles. The van der Waals surface area contributed by atoms with Crippen molar-refractivity contribution in [1.82, 2.24) is 0 Å². The van der Waals surface area contributed by atoms with E-state index < -0.39 is 0 Å². The molecule has 5 unspecified atom stereocenters. The van der Waals surface area contributed by atoms with Crippen LogP contribution in [0, 0.1) is 29.1 Å². The Morgan fingerprint density at radius 3 is 1.49 bits per heavy atom. The monoisotopic (exact) mass is 1220 g/mol. The van der Waals surface area contributed by atoms with E-state index in [0.29, 0.717) is 17.5 Å². The molecule has 0 spiro atoms. The summed E-state index contributed by atoms with van der Waals surface area (Å²) in [6.07, 6.45) is 28.9. The topological polar surface area (TPSA) is 36.2 Å². The second kappa shape index (κ2) is 30.6. The van der Waals surface area contributed by atoms with E-state index in [4.69, 9.17) is 17.2 Å². The molecule has 0 amide bonds. The molecule has 3 aromatic carbocycles. The Labute approximate surface area is 532 Å². The van der Waals surface area contributed by atoms with Crippen LogP contribution in [0.25, 0.3) is 57.8 Å². The van der Waals surface area contributed by atoms with E-state index in [1.165, 1.54) is 197 Å². The van der Waals surface area contributed by atoms with Crippen LogP contribution in [0.4, 0.5) is 0 Å². The molecule has 4 aromatic heterocycles. The third-order valence-corrected chi connectivity index (χ3v) is 25.4. The fourth-order valence-electron chi connectivity index (χ4n) is 13.3. The summed E-state index contributed by atoms with van der Waals surface area (Å²) in [5, 5.41) is 12.8. The van der Waals surface area contributed by atoms with Crippen molar-refractivity contribution in [3.63, 3.8) is 0 Å². The van der Waals surface area contributed by atoms with Crippen molar-refractivity contribution in [3.8, 4) is 32.0 Å². The Balaban J connectivity index is 1.31. The average Bonchev–Trinajstić information content (AvgIpc) is 1.89. The second-order valence-electron chi connectivity index (χ2n) is 27.1. The number of thiol groups is 1. The lowest BCUT2D eigenvalue weighted by atomic mass is 9.82. The van der Waals surface area contributed by atoms with Crippen LogP contribution < -0.4 is 0 Å². The predicted octanol–water partition coefficient (Wildman–Crippen LogP) is 26.1. The number of nitrogens with zero attached hydrogens (tertiary/aromatic N) is 1. The number of benzene rings is 3. The number of unbranched alkanes of at least 4 members (excludes halogenated alkanes) is 4. The van der Waals surface area contributed by atoms with Gasteiger partial charge >= 0.3 is 0 Å². The summed E-state index contributed by atoms with van der Waals surface area (Å²) in [4.78, 5) is 8.24. The Hall–Kier alpha value is -3.59. The van der Waals surface area contributed by atoms with Crippen LogP contribution in [0.2, 0.25) is 0 Å². The molecule has 0 saturated heterocycles. The third-order valence-electron chi connectivity index (χ3n) is 19.4. The molecule has 0 fully saturated rings. The minimum Gasteiger partial charge on any atom is -0.298 e. The number of nitrogens with one attached hydrogen (secondary N) is 1. The van der Waals surface area contributed by atoms with Crippen LogP contribution in [0.1, 0.15) is 260 Å². The van der Waals surface area contributed by atoms with Gasteiger partial charge in [0.25, 0.3) is 0 Å². The Morgan fingerprint density at radius 1 is 0.548 bits per heavy atom. The minimum atomic E-state index is -0.0290. The van der Waals surface area contributed by atoms with Crippen molar-refractivity contribution in [3.05, 3.63) is 121 Å². The Kier molecular flexibility index (Phi) is 24.1. The summed E-state index contributed by atoms with van der Waals surface area (Å²) in [6, 6.07) is 29.9. The van der Waals surface area contributed by atoms with Crippen LogP contribution in [0.3, 0.4) is 0 Å². The fraction of sp³-hybridized carbons (Fsp3) is 0.558. The average molecular weight is 1220 g/mol. The van der Waals surface area contributed by atoms with E-state index in [-0.39, 0.29) is 16.7 Å². The second-order valence-corrected chi connectivity index (χ2v) is 31.5. The van der Waals surface area contributed by atoms with Gasteiger partial charge in [-0.1, -0.05) is 254 Å². The van der Waals surface area contributed by atoms with E-state index in [1.54, 1.807) is 0 Å². The number of rotatable bonds is 31. The van der Waals surface area contributed by atoms with Crippen LogP contribution in [0.15, 0.2) is 83.3 Å². The van der Waals surface area contributed by atoms with Gasteiger partial charge in [-0.25, -0.2) is 4.40 Å². The van der Waals surface area contributed by atoms with Gasteiger partial charge in [-0.15, -0.1) is 45.3 Å². The molecule has 4 heterocycles. The quantitative estimate of drug-likeness (QED) is 0.0407. The Bertz CT molecular complexity index is 3190.